The van der Waals surface area contributed by atoms with Crippen molar-refractivity contribution in [3.63, 3.8) is 0 Å². The predicted octanol–water partition coefficient (Wildman–Crippen LogP) is -0.898. The van der Waals surface area contributed by atoms with Crippen molar-refractivity contribution < 1.29 is 24.7 Å². The van der Waals surface area contributed by atoms with E-state index in [1.165, 1.54) is 12.4 Å². The Morgan fingerprint density at radius 3 is 2.89 bits per heavy atom. The number of aromatic nitrogens is 2. The molecule has 0 aromatic carbocycles. The van der Waals surface area contributed by atoms with Crippen molar-refractivity contribution in [1.29, 1.82) is 0 Å². The fraction of sp³-hybridized carbons (Fsp3) is 0.625. The van der Waals surface area contributed by atoms with Gasteiger partial charge in [0.05, 0.1) is 6.10 Å². The van der Waals surface area contributed by atoms with E-state index in [9.17, 15) is 20.3 Å². The highest BCUT2D eigenvalue weighted by Gasteiger charge is 2.45. The van der Waals surface area contributed by atoms with E-state index in [0.717, 1.165) is 4.73 Å². The second kappa shape index (κ2) is 5.34. The van der Waals surface area contributed by atoms with E-state index in [1.807, 2.05) is 22.6 Å². The van der Waals surface area contributed by atoms with Gasteiger partial charge in [0, 0.05) is 4.43 Å². The van der Waals surface area contributed by atoms with E-state index in [4.69, 9.17) is 9.57 Å². The van der Waals surface area contributed by atoms with Gasteiger partial charge in [-0.1, -0.05) is 27.6 Å². The van der Waals surface area contributed by atoms with Gasteiger partial charge in [0.15, 0.2) is 0 Å². The Bertz CT molecular complexity index is 440. The van der Waals surface area contributed by atoms with Gasteiger partial charge in [-0.2, -0.15) is 0 Å². The van der Waals surface area contributed by atoms with Crippen LogP contribution in [0.5, 0.6) is 0 Å². The molecule has 2 rings (SSSR count). The summed E-state index contributed by atoms with van der Waals surface area (Å²) in [5.41, 5.74) is 0. The first-order chi connectivity index (χ1) is 8.54. The Labute approximate surface area is 115 Å². The second-order valence-corrected chi connectivity index (χ2v) is 4.47. The number of imidazole rings is 1. The summed E-state index contributed by atoms with van der Waals surface area (Å²) in [6.45, 7) is 0. The topological polar surface area (TPSA) is 120 Å². The molecule has 1 aromatic rings. The van der Waals surface area contributed by atoms with Crippen molar-refractivity contribution in [3.05, 3.63) is 22.5 Å². The van der Waals surface area contributed by atoms with Gasteiger partial charge in [-0.15, -0.1) is 0 Å². The number of nitro groups is 1. The minimum Gasteiger partial charge on any atom is -0.390 e. The van der Waals surface area contributed by atoms with Crippen molar-refractivity contribution >= 4 is 28.5 Å². The number of rotatable bonds is 4. The summed E-state index contributed by atoms with van der Waals surface area (Å²) in [6, 6.07) is 0. The summed E-state index contributed by atoms with van der Waals surface area (Å²) >= 11 is 1.99. The molecule has 100 valence electrons. The van der Waals surface area contributed by atoms with Gasteiger partial charge in [-0.25, -0.2) is 0 Å². The van der Waals surface area contributed by atoms with Crippen LogP contribution < -0.4 is 4.84 Å². The van der Waals surface area contributed by atoms with Gasteiger partial charge >= 0.3 is 5.95 Å². The molecule has 1 saturated heterocycles. The van der Waals surface area contributed by atoms with Crippen LogP contribution in [0.2, 0.25) is 0 Å². The van der Waals surface area contributed by atoms with Gasteiger partial charge in [-0.05, 0) is 9.65 Å². The first-order valence-corrected chi connectivity index (χ1v) is 6.49. The number of aliphatic hydroxyl groups is 2. The summed E-state index contributed by atoms with van der Waals surface area (Å²) in [6.07, 6.45) is -1.70. The van der Waals surface area contributed by atoms with Gasteiger partial charge in [0.25, 0.3) is 6.29 Å². The predicted molar refractivity (Wildman–Crippen MR) is 65.0 cm³/mol. The number of nitrogens with zero attached hydrogens (tertiary/aromatic N) is 3. The van der Waals surface area contributed by atoms with E-state index in [-0.39, 0.29) is 0 Å². The fourth-order valence-corrected chi connectivity index (χ4v) is 2.26. The molecule has 0 saturated carbocycles. The summed E-state index contributed by atoms with van der Waals surface area (Å²) < 4.78 is 6.49. The molecule has 1 aliphatic heterocycles. The monoisotopic (exact) mass is 371 g/mol. The normalized spacial score (nSPS) is 31.5. The molecule has 0 spiro atoms. The molecule has 0 bridgehead atoms. The first kappa shape index (κ1) is 13.5. The highest BCUT2D eigenvalue weighted by molar-refractivity contribution is 14.1. The average Bonchev–Trinajstić information content (AvgIpc) is 2.89. The molecule has 0 amide bonds. The third kappa shape index (κ3) is 2.41. The highest BCUT2D eigenvalue weighted by Crippen LogP contribution is 2.23. The zero-order valence-electron chi connectivity index (χ0n) is 8.92. The van der Waals surface area contributed by atoms with Crippen LogP contribution in [0, 0.1) is 10.1 Å². The molecular formula is C8H10IN3O6. The number of aliphatic hydroxyl groups excluding tert-OH is 2. The Morgan fingerprint density at radius 2 is 2.33 bits per heavy atom. The molecule has 2 heterocycles. The van der Waals surface area contributed by atoms with Crippen LogP contribution in [-0.4, -0.2) is 53.9 Å². The van der Waals surface area contributed by atoms with Crippen molar-refractivity contribution in [3.8, 4) is 0 Å². The number of hydrogen-bond acceptors (Lipinski definition) is 7. The van der Waals surface area contributed by atoms with Crippen molar-refractivity contribution in [1.82, 2.24) is 9.71 Å². The average molecular weight is 371 g/mol. The van der Waals surface area contributed by atoms with E-state index < -0.39 is 35.5 Å². The Balaban J connectivity index is 2.10. The summed E-state index contributed by atoms with van der Waals surface area (Å²) in [5.74, 6) is -0.529. The maximum atomic E-state index is 10.6. The number of hydrogen-bond donors (Lipinski definition) is 2. The standard InChI is InChI=1S/C8H10IN3O6/c9-3-4-5(13)6(14)7(17-4)18-11-2-1-10-8(11)12(15)16/h1-2,4-7,13-14H,3H2/t4-,5-,6+,7-/m1/s1. The van der Waals surface area contributed by atoms with E-state index >= 15 is 0 Å². The molecule has 0 unspecified atom stereocenters. The summed E-state index contributed by atoms with van der Waals surface area (Å²) in [7, 11) is 0. The first-order valence-electron chi connectivity index (χ1n) is 4.97. The highest BCUT2D eigenvalue weighted by atomic mass is 127. The number of halogens is 1. The lowest BCUT2D eigenvalue weighted by Crippen LogP contribution is -2.38. The quantitative estimate of drug-likeness (QED) is 0.305. The third-order valence-corrected chi connectivity index (χ3v) is 3.31. The van der Waals surface area contributed by atoms with Crippen molar-refractivity contribution in [2.45, 2.75) is 24.6 Å². The molecule has 10 heteroatoms. The molecule has 1 aromatic heterocycles. The number of alkyl halides is 1. The molecular weight excluding hydrogens is 361 g/mol. The third-order valence-electron chi connectivity index (χ3n) is 2.44. The lowest BCUT2D eigenvalue weighted by atomic mass is 10.2. The largest absolute Gasteiger partial charge is 0.471 e. The van der Waals surface area contributed by atoms with E-state index in [0.29, 0.717) is 4.43 Å². The van der Waals surface area contributed by atoms with Gasteiger partial charge in [0.1, 0.15) is 24.6 Å². The molecule has 1 aliphatic rings. The number of ether oxygens (including phenoxy) is 1. The maximum absolute atomic E-state index is 10.6. The molecule has 2 N–H and O–H groups in total. The molecule has 4 atom stereocenters. The van der Waals surface area contributed by atoms with Crippen molar-refractivity contribution in [2.24, 2.45) is 0 Å². The van der Waals surface area contributed by atoms with Crippen LogP contribution >= 0.6 is 22.6 Å². The van der Waals surface area contributed by atoms with Gasteiger partial charge in [0.2, 0.25) is 0 Å². The summed E-state index contributed by atoms with van der Waals surface area (Å²) in [4.78, 5) is 18.5. The zero-order chi connectivity index (χ0) is 13.3. The molecule has 18 heavy (non-hydrogen) atoms. The molecule has 0 aliphatic carbocycles. The van der Waals surface area contributed by atoms with Crippen molar-refractivity contribution in [2.75, 3.05) is 4.43 Å². The second-order valence-electron chi connectivity index (χ2n) is 3.59. The smallest absolute Gasteiger partial charge is 0.390 e. The van der Waals surface area contributed by atoms with E-state index in [2.05, 4.69) is 4.98 Å². The van der Waals surface area contributed by atoms with Crippen LogP contribution in [0.25, 0.3) is 0 Å². The SMILES string of the molecule is O=[N+]([O-])c1nccn1O[C@H]1O[C@H](CI)[C@@H](O)[C@@H]1O. The molecule has 1 fully saturated rings. The Hall–Kier alpha value is -0.980. The lowest BCUT2D eigenvalue weighted by molar-refractivity contribution is -0.404. The fourth-order valence-electron chi connectivity index (χ4n) is 1.53. The van der Waals surface area contributed by atoms with Crippen LogP contribution in [0.4, 0.5) is 5.95 Å². The zero-order valence-corrected chi connectivity index (χ0v) is 11.1. The molecule has 0 radical (unpaired) electrons. The Morgan fingerprint density at radius 1 is 1.61 bits per heavy atom. The minimum absolute atomic E-state index is 0.460. The van der Waals surface area contributed by atoms with E-state index in [1.54, 1.807) is 0 Å². The van der Waals surface area contributed by atoms with Crippen LogP contribution in [0.3, 0.4) is 0 Å². The van der Waals surface area contributed by atoms with Gasteiger partial charge in [-0.3, -0.25) is 0 Å². The molecule has 9 nitrogen and oxygen atoms in total. The lowest BCUT2D eigenvalue weighted by Gasteiger charge is -2.13. The van der Waals surface area contributed by atoms with Crippen LogP contribution in [-0.2, 0) is 4.74 Å². The minimum atomic E-state index is -1.27. The Kier molecular flexibility index (Phi) is 3.99. The van der Waals surface area contributed by atoms with Crippen LogP contribution in [0.15, 0.2) is 12.4 Å². The van der Waals surface area contributed by atoms with Gasteiger partial charge < -0.3 is 29.9 Å². The van der Waals surface area contributed by atoms with Crippen LogP contribution in [0.1, 0.15) is 0 Å². The summed E-state index contributed by atoms with van der Waals surface area (Å²) in [5, 5.41) is 29.9. The maximum Gasteiger partial charge on any atom is 0.471 e.